The maximum absolute atomic E-state index is 10.8. The Bertz CT molecular complexity index is 260. The molecule has 4 nitrogen and oxygen atoms in total. The minimum Gasteiger partial charge on any atom is -0.461 e. The lowest BCUT2D eigenvalue weighted by Gasteiger charge is -1.86. The maximum atomic E-state index is 10.8. The molecule has 13 heavy (non-hydrogen) atoms. The van der Waals surface area contributed by atoms with E-state index < -0.39 is 0 Å². The predicted molar refractivity (Wildman–Crippen MR) is 48.8 cm³/mol. The summed E-state index contributed by atoms with van der Waals surface area (Å²) in [5, 5.41) is 0. The van der Waals surface area contributed by atoms with Crippen molar-refractivity contribution in [2.24, 2.45) is 0 Å². The van der Waals surface area contributed by atoms with E-state index in [-0.39, 0.29) is 5.78 Å². The van der Waals surface area contributed by atoms with Crippen molar-refractivity contribution in [2.45, 2.75) is 13.3 Å². The van der Waals surface area contributed by atoms with Gasteiger partial charge in [0, 0.05) is 11.3 Å². The zero-order valence-electron chi connectivity index (χ0n) is 8.11. The molecule has 0 amide bonds. The van der Waals surface area contributed by atoms with E-state index in [4.69, 9.17) is 4.42 Å². The van der Waals surface area contributed by atoms with Crippen molar-refractivity contribution in [2.75, 3.05) is 14.1 Å². The largest absolute Gasteiger partial charge is 0.461 e. The Morgan fingerprint density at radius 3 is 2.38 bits per heavy atom. The zero-order valence-corrected chi connectivity index (χ0v) is 8.11. The van der Waals surface area contributed by atoms with Gasteiger partial charge in [-0.05, 0) is 16.9 Å². The predicted octanol–water partition coefficient (Wildman–Crippen LogP) is 1.90. The van der Waals surface area contributed by atoms with Gasteiger partial charge >= 0.3 is 0 Å². The van der Waals surface area contributed by atoms with Crippen molar-refractivity contribution in [1.82, 2.24) is 0 Å². The third-order valence-electron chi connectivity index (χ3n) is 1.12. The van der Waals surface area contributed by atoms with Crippen LogP contribution in [0.25, 0.3) is 0 Å². The first-order chi connectivity index (χ1) is 6.07. The average Bonchev–Trinajstić information content (AvgIpc) is 2.54. The molecule has 1 heterocycles. The molecule has 0 unspecified atom stereocenters. The van der Waals surface area contributed by atoms with Gasteiger partial charge in [-0.25, -0.2) is 0 Å². The van der Waals surface area contributed by atoms with E-state index in [1.165, 1.54) is 20.4 Å². The van der Waals surface area contributed by atoms with Gasteiger partial charge in [-0.2, -0.15) is 0 Å². The molecule has 0 saturated carbocycles. The summed E-state index contributed by atoms with van der Waals surface area (Å²) in [6.07, 6.45) is 2.01. The lowest BCUT2D eigenvalue weighted by Crippen LogP contribution is -1.91. The number of hydrogen-bond donors (Lipinski definition) is 0. The van der Waals surface area contributed by atoms with Crippen LogP contribution in [0.3, 0.4) is 0 Å². The number of furan rings is 1. The Balaban J connectivity index is 0.000000310. The lowest BCUT2D eigenvalue weighted by atomic mass is 10.2. The fourth-order valence-electron chi connectivity index (χ4n) is 0.611. The van der Waals surface area contributed by atoms with Crippen molar-refractivity contribution in [3.63, 3.8) is 0 Å². The van der Waals surface area contributed by atoms with Gasteiger partial charge in [0.25, 0.3) is 0 Å². The summed E-state index contributed by atoms with van der Waals surface area (Å²) in [6.45, 7) is 1.81. The average molecular weight is 184 g/mol. The SMILES string of the molecule is CCC(=O)c1ccco1.C[N+](C)=O. The van der Waals surface area contributed by atoms with Crippen LogP contribution in [-0.4, -0.2) is 24.6 Å². The van der Waals surface area contributed by atoms with E-state index in [0.717, 1.165) is 4.76 Å². The molecule has 1 aromatic rings. The minimum absolute atomic E-state index is 0.0556. The fraction of sp³-hybridized carbons (Fsp3) is 0.444. The Labute approximate surface area is 77.1 Å². The molecule has 0 saturated heterocycles. The summed E-state index contributed by atoms with van der Waals surface area (Å²) < 4.78 is 5.59. The third kappa shape index (κ3) is 5.78. The summed E-state index contributed by atoms with van der Waals surface area (Å²) in [5.74, 6) is 0.512. The lowest BCUT2D eigenvalue weighted by molar-refractivity contribution is -0.486. The molecule has 0 aromatic carbocycles. The minimum atomic E-state index is 0.0556. The number of nitroso groups, excluding NO2 is 1. The van der Waals surface area contributed by atoms with Crippen LogP contribution in [-0.2, 0) is 0 Å². The van der Waals surface area contributed by atoms with Crippen LogP contribution in [0.2, 0.25) is 0 Å². The number of rotatable bonds is 2. The van der Waals surface area contributed by atoms with Crippen molar-refractivity contribution in [1.29, 1.82) is 0 Å². The molecule has 0 N–H and O–H groups in total. The number of ketones is 1. The van der Waals surface area contributed by atoms with Gasteiger partial charge in [0.05, 0.1) is 6.26 Å². The summed E-state index contributed by atoms with van der Waals surface area (Å²) in [7, 11) is 2.89. The van der Waals surface area contributed by atoms with E-state index >= 15 is 0 Å². The van der Waals surface area contributed by atoms with Crippen molar-refractivity contribution in [3.8, 4) is 0 Å². The molecule has 4 heteroatoms. The second kappa shape index (κ2) is 6.11. The van der Waals surface area contributed by atoms with Crippen LogP contribution in [0.15, 0.2) is 22.8 Å². The second-order valence-corrected chi connectivity index (χ2v) is 2.57. The quantitative estimate of drug-likeness (QED) is 0.521. The molecule has 0 bridgehead atoms. The topological polar surface area (TPSA) is 50.3 Å². The number of hydrogen-bond acceptors (Lipinski definition) is 3. The third-order valence-corrected chi connectivity index (χ3v) is 1.12. The molecule has 0 radical (unpaired) electrons. The van der Waals surface area contributed by atoms with E-state index in [9.17, 15) is 9.70 Å². The highest BCUT2D eigenvalue weighted by Gasteiger charge is 2.02. The van der Waals surface area contributed by atoms with Crippen LogP contribution < -0.4 is 0 Å². The summed E-state index contributed by atoms with van der Waals surface area (Å²) in [4.78, 5) is 20.1. The normalized spacial score (nSPS) is 8.54. The molecule has 0 aliphatic heterocycles. The molecule has 0 aliphatic rings. The standard InChI is InChI=1S/C7H8O2.C2H6NO/c1-2-6(8)7-4-3-5-9-7;1-3(2)4/h3-5H,2H2,1H3;1-2H3/q;+1. The monoisotopic (exact) mass is 184 g/mol. The highest BCUT2D eigenvalue weighted by atomic mass is 16.3. The second-order valence-electron chi connectivity index (χ2n) is 2.57. The Morgan fingerprint density at radius 1 is 1.54 bits per heavy atom. The van der Waals surface area contributed by atoms with Gasteiger partial charge in [-0.15, -0.1) is 0 Å². The summed E-state index contributed by atoms with van der Waals surface area (Å²) in [5.41, 5.74) is 0. The Hall–Kier alpha value is -1.45. The molecule has 0 spiro atoms. The number of Topliss-reactive ketones (excluding diaryl/α,β-unsaturated/α-hetero) is 1. The molecule has 0 atom stereocenters. The van der Waals surface area contributed by atoms with Gasteiger partial charge in [-0.3, -0.25) is 4.79 Å². The van der Waals surface area contributed by atoms with Crippen LogP contribution in [0.4, 0.5) is 0 Å². The number of nitrogens with zero attached hydrogens (tertiary/aromatic N) is 1. The van der Waals surface area contributed by atoms with Gasteiger partial charge in [0.15, 0.2) is 25.6 Å². The van der Waals surface area contributed by atoms with E-state index in [2.05, 4.69) is 0 Å². The van der Waals surface area contributed by atoms with E-state index in [0.29, 0.717) is 12.2 Å². The molecular formula is C9H14NO3+. The van der Waals surface area contributed by atoms with Crippen molar-refractivity contribution in [3.05, 3.63) is 29.1 Å². The molecule has 72 valence electrons. The molecule has 1 rings (SSSR count). The maximum Gasteiger partial charge on any atom is 0.197 e. The summed E-state index contributed by atoms with van der Waals surface area (Å²) in [6, 6.07) is 3.38. The van der Waals surface area contributed by atoms with Crippen LogP contribution in [0.1, 0.15) is 23.9 Å². The molecular weight excluding hydrogens is 170 g/mol. The zero-order chi connectivity index (χ0) is 10.3. The van der Waals surface area contributed by atoms with E-state index in [1.807, 2.05) is 6.92 Å². The van der Waals surface area contributed by atoms with E-state index in [1.54, 1.807) is 12.1 Å². The Kier molecular flexibility index (Phi) is 5.43. The van der Waals surface area contributed by atoms with Gasteiger partial charge in [0.1, 0.15) is 0 Å². The molecule has 1 aromatic heterocycles. The molecule has 0 fully saturated rings. The van der Waals surface area contributed by atoms with Gasteiger partial charge < -0.3 is 4.42 Å². The summed E-state index contributed by atoms with van der Waals surface area (Å²) >= 11 is 0. The van der Waals surface area contributed by atoms with Crippen LogP contribution in [0, 0.1) is 4.91 Å². The van der Waals surface area contributed by atoms with Crippen molar-refractivity contribution < 1.29 is 14.0 Å². The van der Waals surface area contributed by atoms with Crippen molar-refractivity contribution >= 4 is 5.78 Å². The first-order valence-corrected chi connectivity index (χ1v) is 3.99. The first-order valence-electron chi connectivity index (χ1n) is 3.99. The van der Waals surface area contributed by atoms with Gasteiger partial charge in [0.2, 0.25) is 0 Å². The highest BCUT2D eigenvalue weighted by molar-refractivity contribution is 5.93. The van der Waals surface area contributed by atoms with Crippen LogP contribution in [0.5, 0.6) is 0 Å². The molecule has 0 aliphatic carbocycles. The Morgan fingerprint density at radius 2 is 2.08 bits per heavy atom. The number of carbonyl (C=O) groups excluding carboxylic acids is 1. The first kappa shape index (κ1) is 11.6. The van der Waals surface area contributed by atoms with Crippen LogP contribution >= 0.6 is 0 Å². The van der Waals surface area contributed by atoms with Gasteiger partial charge in [-0.1, -0.05) is 6.92 Å². The fourth-order valence-corrected chi connectivity index (χ4v) is 0.611. The highest BCUT2D eigenvalue weighted by Crippen LogP contribution is 2.02. The smallest absolute Gasteiger partial charge is 0.197 e. The number of carbonyl (C=O) groups is 1.